The summed E-state index contributed by atoms with van der Waals surface area (Å²) in [5.41, 5.74) is -1.45. The summed E-state index contributed by atoms with van der Waals surface area (Å²) in [6.45, 7) is 12.3. The predicted molar refractivity (Wildman–Crippen MR) is 233 cm³/mol. The number of hydrogen-bond acceptors (Lipinski definition) is 19. The Morgan fingerprint density at radius 3 is 1.75 bits per heavy atom. The average molecular weight is 959 g/mol. The number of rotatable bonds is 10. The molecule has 0 aromatic heterocycles. The molecular formula is C48H78O19. The topological polar surface area (TPSA) is 318 Å². The minimum atomic E-state index is -1.90. The number of fused-ring (bicyclic) bond motifs is 6. The largest absolute Gasteiger partial charge is 0.396 e. The van der Waals surface area contributed by atoms with Crippen LogP contribution < -0.4 is 0 Å². The molecule has 3 heterocycles. The Hall–Kier alpha value is -1.28. The Bertz CT molecular complexity index is 1850. The fourth-order valence-corrected chi connectivity index (χ4v) is 14.5. The number of hydrogen-bond donors (Lipinski definition) is 13. The fourth-order valence-electron chi connectivity index (χ4n) is 14.5. The molecule has 0 unspecified atom stereocenters. The second-order valence-corrected chi connectivity index (χ2v) is 23.1. The first-order valence-corrected chi connectivity index (χ1v) is 24.2. The van der Waals surface area contributed by atoms with Gasteiger partial charge in [0.2, 0.25) is 0 Å². The van der Waals surface area contributed by atoms with E-state index in [0.717, 1.165) is 17.6 Å². The van der Waals surface area contributed by atoms with Crippen LogP contribution in [-0.2, 0) is 28.4 Å². The highest BCUT2D eigenvalue weighted by molar-refractivity contribution is 5.47. The molecule has 384 valence electrons. The summed E-state index contributed by atoms with van der Waals surface area (Å²) in [4.78, 5) is 0. The fraction of sp³-hybridized carbons (Fsp3) is 0.917. The van der Waals surface area contributed by atoms with Gasteiger partial charge in [-0.15, -0.1) is 0 Å². The summed E-state index contributed by atoms with van der Waals surface area (Å²) < 4.78 is 37.1. The highest BCUT2D eigenvalue weighted by Crippen LogP contribution is 2.74. The van der Waals surface area contributed by atoms with E-state index in [2.05, 4.69) is 32.9 Å². The van der Waals surface area contributed by atoms with E-state index in [1.165, 1.54) is 6.92 Å². The third kappa shape index (κ3) is 7.88. The maximum atomic E-state index is 12.1. The standard InChI is InChI=1S/C48H78O19/c1-21-31(55)38(66-40-36(60)34(58)32(56)24(17-49)63-40)39(67-41-37(61)35(59)33(57)25(18-50)64-41)42(62-21)65-30-11-12-44(4)26(45(30,5)19-51)10-13-46(6)27(44)9-8-22-23-14-43(2,3)28(53)16-48(23,20-52)29(54)15-47(22,46)7/h8-9,21,24-42,49-61H,10-20H2,1-7H3/t21-,24-,25-,26-,27+,28-,29-,30-,31-,32-,33-,34+,35+,36-,37-,38+,39-,40+,41+,42+,44-,45-,46-,47+,48+/m0/s1. The molecule has 6 fully saturated rings. The van der Waals surface area contributed by atoms with E-state index in [4.69, 9.17) is 28.4 Å². The molecule has 5 aliphatic carbocycles. The predicted octanol–water partition coefficient (Wildman–Crippen LogP) is -1.52. The van der Waals surface area contributed by atoms with Crippen LogP contribution in [-0.4, -0.2) is 203 Å². The lowest BCUT2D eigenvalue weighted by atomic mass is 9.35. The van der Waals surface area contributed by atoms with Crippen LogP contribution >= 0.6 is 0 Å². The van der Waals surface area contributed by atoms with Crippen LogP contribution in [0, 0.1) is 44.3 Å². The molecule has 0 aromatic rings. The van der Waals surface area contributed by atoms with E-state index in [1.807, 2.05) is 20.8 Å². The van der Waals surface area contributed by atoms with Gasteiger partial charge in [0.1, 0.15) is 67.1 Å². The smallest absolute Gasteiger partial charge is 0.187 e. The van der Waals surface area contributed by atoms with Crippen LogP contribution in [0.5, 0.6) is 0 Å². The zero-order chi connectivity index (χ0) is 49.1. The van der Waals surface area contributed by atoms with E-state index in [0.29, 0.717) is 32.1 Å². The zero-order valence-corrected chi connectivity index (χ0v) is 39.7. The van der Waals surface area contributed by atoms with Crippen molar-refractivity contribution in [3.05, 3.63) is 23.3 Å². The maximum Gasteiger partial charge on any atom is 0.187 e. The first kappa shape index (κ1) is 52.1. The third-order valence-electron chi connectivity index (χ3n) is 19.1. The lowest BCUT2D eigenvalue weighted by Gasteiger charge is -2.70. The number of ether oxygens (including phenoxy) is 6. The molecule has 3 aliphatic heterocycles. The monoisotopic (exact) mass is 959 g/mol. The summed E-state index contributed by atoms with van der Waals surface area (Å²) in [6, 6.07) is 0. The van der Waals surface area contributed by atoms with Crippen LogP contribution in [0.4, 0.5) is 0 Å². The van der Waals surface area contributed by atoms with Crippen molar-refractivity contribution in [1.29, 1.82) is 0 Å². The molecule has 0 amide bonds. The first-order chi connectivity index (χ1) is 31.3. The van der Waals surface area contributed by atoms with Gasteiger partial charge < -0.3 is 94.8 Å². The molecule has 67 heavy (non-hydrogen) atoms. The number of allylic oxidation sites excluding steroid dienone is 3. The van der Waals surface area contributed by atoms with Crippen molar-refractivity contribution in [3.8, 4) is 0 Å². The van der Waals surface area contributed by atoms with Gasteiger partial charge in [0.05, 0.1) is 50.8 Å². The molecule has 0 bridgehead atoms. The Morgan fingerprint density at radius 1 is 0.612 bits per heavy atom. The Labute approximate surface area is 391 Å². The minimum Gasteiger partial charge on any atom is -0.396 e. The van der Waals surface area contributed by atoms with Crippen molar-refractivity contribution < 1.29 is 94.8 Å². The molecule has 19 nitrogen and oxygen atoms in total. The summed E-state index contributed by atoms with van der Waals surface area (Å²) >= 11 is 0. The SMILES string of the molecule is C[C@@H]1O[C@H](O[C@H]2CC[C@@]3(C)[C@H](CC[C@@]4(C)[C@@H]3C=CC3=C5CC(C)(C)[C@@H](O)C[C@]5(CO)[C@@H](O)C[C@]34C)[C@]2(C)CO)[C@@H](O[C@H]2O[C@@H](CO)[C@H](O)[C@@H](O)[C@@H]2O)[C@H](O[C@H]2O[C@@H](CO)[C@H](O)[C@@H](O)[C@@H]2O)[C@H]1O. The van der Waals surface area contributed by atoms with Crippen molar-refractivity contribution >= 4 is 0 Å². The Balaban J connectivity index is 1.12. The van der Waals surface area contributed by atoms with E-state index in [-0.39, 0.29) is 36.9 Å². The third-order valence-corrected chi connectivity index (χ3v) is 19.1. The molecule has 13 N–H and O–H groups in total. The molecule has 19 heteroatoms. The first-order valence-electron chi connectivity index (χ1n) is 24.2. The minimum absolute atomic E-state index is 0.0179. The summed E-state index contributed by atoms with van der Waals surface area (Å²) in [5, 5.41) is 142. The van der Waals surface area contributed by atoms with Gasteiger partial charge >= 0.3 is 0 Å². The van der Waals surface area contributed by atoms with E-state index in [1.54, 1.807) is 0 Å². The Morgan fingerprint density at radius 2 is 1.19 bits per heavy atom. The lowest BCUT2D eigenvalue weighted by molar-refractivity contribution is -0.398. The number of aliphatic hydroxyl groups is 13. The van der Waals surface area contributed by atoms with Crippen molar-refractivity contribution in [1.82, 2.24) is 0 Å². The van der Waals surface area contributed by atoms with Crippen molar-refractivity contribution in [2.45, 2.75) is 204 Å². The van der Waals surface area contributed by atoms with Gasteiger partial charge in [-0.3, -0.25) is 0 Å². The zero-order valence-electron chi connectivity index (χ0n) is 39.7. The quantitative estimate of drug-likeness (QED) is 0.111. The lowest BCUT2D eigenvalue weighted by Crippen LogP contribution is -2.68. The summed E-state index contributed by atoms with van der Waals surface area (Å²) in [5.74, 6) is -0.161. The van der Waals surface area contributed by atoms with E-state index in [9.17, 15) is 66.4 Å². The molecule has 8 aliphatic rings. The molecule has 0 spiro atoms. The van der Waals surface area contributed by atoms with E-state index < -0.39 is 151 Å². The van der Waals surface area contributed by atoms with Crippen molar-refractivity contribution in [2.24, 2.45) is 44.3 Å². The summed E-state index contributed by atoms with van der Waals surface area (Å²) in [7, 11) is 0. The second-order valence-electron chi connectivity index (χ2n) is 23.1. The van der Waals surface area contributed by atoms with Crippen molar-refractivity contribution in [2.75, 3.05) is 26.4 Å². The Kier molecular flexibility index (Phi) is 14.2. The maximum absolute atomic E-state index is 12.1. The normalized spacial score (nSPS) is 55.3. The molecule has 3 saturated carbocycles. The van der Waals surface area contributed by atoms with Crippen LogP contribution in [0.3, 0.4) is 0 Å². The van der Waals surface area contributed by atoms with Gasteiger partial charge in [0.15, 0.2) is 18.9 Å². The summed E-state index contributed by atoms with van der Waals surface area (Å²) in [6.07, 6.45) is -18.7. The van der Waals surface area contributed by atoms with E-state index >= 15 is 0 Å². The highest BCUT2D eigenvalue weighted by Gasteiger charge is 2.69. The molecule has 0 radical (unpaired) electrons. The molecule has 8 rings (SSSR count). The van der Waals surface area contributed by atoms with Gasteiger partial charge in [0.25, 0.3) is 0 Å². The number of aliphatic hydroxyl groups excluding tert-OH is 13. The second kappa shape index (κ2) is 18.3. The molecular weight excluding hydrogens is 881 g/mol. The van der Waals surface area contributed by atoms with Gasteiger partial charge in [-0.25, -0.2) is 0 Å². The van der Waals surface area contributed by atoms with Gasteiger partial charge in [-0.1, -0.05) is 59.3 Å². The van der Waals surface area contributed by atoms with Crippen molar-refractivity contribution in [3.63, 3.8) is 0 Å². The van der Waals surface area contributed by atoms with Crippen LogP contribution in [0.25, 0.3) is 0 Å². The van der Waals surface area contributed by atoms with Crippen LogP contribution in [0.2, 0.25) is 0 Å². The average Bonchev–Trinajstić information content (AvgIpc) is 3.28. The van der Waals surface area contributed by atoms with Gasteiger partial charge in [0, 0.05) is 16.2 Å². The van der Waals surface area contributed by atoms with Gasteiger partial charge in [-0.05, 0) is 85.5 Å². The van der Waals surface area contributed by atoms with Gasteiger partial charge in [-0.2, -0.15) is 0 Å². The molecule has 3 saturated heterocycles. The van der Waals surface area contributed by atoms with Crippen LogP contribution in [0.15, 0.2) is 23.3 Å². The highest BCUT2D eigenvalue weighted by atomic mass is 16.8. The molecule has 25 atom stereocenters. The van der Waals surface area contributed by atoms with Crippen LogP contribution in [0.1, 0.15) is 93.4 Å². The molecule has 0 aromatic carbocycles.